The Morgan fingerprint density at radius 2 is 2.03 bits per heavy atom. The molecular weight excluding hydrogens is 520 g/mol. The highest BCUT2D eigenvalue weighted by Gasteiger charge is 2.38. The Morgan fingerprint density at radius 3 is 2.69 bits per heavy atom. The predicted molar refractivity (Wildman–Crippen MR) is 150 cm³/mol. The van der Waals surface area contributed by atoms with Gasteiger partial charge in [0.25, 0.3) is 0 Å². The first kappa shape index (κ1) is 22.8. The average Bonchev–Trinajstić information content (AvgIpc) is 3.37. The molecule has 3 aromatic heterocycles. The number of nitro groups is 1. The number of sulfone groups is 1. The number of aryl methyl sites for hydroxylation is 1. The first-order valence-corrected chi connectivity index (χ1v) is 14.4. The number of hydrogen-bond donors (Lipinski definition) is 1. The largest absolute Gasteiger partial charge is 0.401 e. The average molecular weight is 554 g/mol. The van der Waals surface area contributed by atoms with Crippen LogP contribution in [-0.2, 0) is 16.8 Å². The second-order valence-electron chi connectivity index (χ2n) is 10.1. The number of aromatic nitrogens is 5. The monoisotopic (exact) mass is 553 g/mol. The second-order valence-corrected chi connectivity index (χ2v) is 12.3. The molecule has 1 aliphatic rings. The van der Waals surface area contributed by atoms with Gasteiger partial charge in [-0.15, -0.1) is 0 Å². The van der Waals surface area contributed by atoms with Crippen LogP contribution in [0.3, 0.4) is 0 Å². The smallest absolute Gasteiger partial charge is 0.368 e. The van der Waals surface area contributed by atoms with Gasteiger partial charge in [0.05, 0.1) is 24.0 Å². The normalized spacial score (nSPS) is 18.9. The lowest BCUT2D eigenvalue weighted by Crippen LogP contribution is -2.57. The molecule has 0 radical (unpaired) electrons. The first-order valence-electron chi connectivity index (χ1n) is 13.8. The molecule has 0 unspecified atom stereocenters. The molecule has 39 heavy (non-hydrogen) atoms. The second kappa shape index (κ2) is 9.88. The fourth-order valence-electron chi connectivity index (χ4n) is 5.00. The summed E-state index contributed by atoms with van der Waals surface area (Å²) in [4.78, 5) is 26.0. The third-order valence-corrected chi connectivity index (χ3v) is 8.02. The molecule has 0 spiro atoms. The lowest BCUT2D eigenvalue weighted by atomic mass is 9.88. The molecule has 2 atom stereocenters. The van der Waals surface area contributed by atoms with Crippen LogP contribution in [0.1, 0.15) is 36.4 Å². The van der Waals surface area contributed by atoms with Gasteiger partial charge in [-0.05, 0) is 46.9 Å². The van der Waals surface area contributed by atoms with Crippen LogP contribution in [0.5, 0.6) is 0 Å². The number of nitrogens with one attached hydrogen (secondary N) is 1. The summed E-state index contributed by atoms with van der Waals surface area (Å²) in [6, 6.07) is 7.67. The third kappa shape index (κ3) is 5.26. The molecule has 4 heterocycles. The van der Waals surface area contributed by atoms with Crippen LogP contribution in [0.25, 0.3) is 22.2 Å². The van der Waals surface area contributed by atoms with E-state index in [0.29, 0.717) is 22.9 Å². The molecular formula is C26H30N8O4S. The van der Waals surface area contributed by atoms with Crippen molar-refractivity contribution in [1.82, 2.24) is 24.7 Å². The molecule has 12 nitrogen and oxygen atoms in total. The van der Waals surface area contributed by atoms with Crippen molar-refractivity contribution in [2.45, 2.75) is 32.7 Å². The van der Waals surface area contributed by atoms with Crippen LogP contribution in [0.4, 0.5) is 23.1 Å². The van der Waals surface area contributed by atoms with E-state index in [4.69, 9.17) is 4.11 Å². The summed E-state index contributed by atoms with van der Waals surface area (Å²) in [6.07, 6.45) is 5.46. The van der Waals surface area contributed by atoms with Crippen molar-refractivity contribution < 1.29 is 17.5 Å². The maximum absolute atomic E-state index is 11.8. The van der Waals surface area contributed by atoms with Crippen molar-refractivity contribution in [3.8, 4) is 11.4 Å². The Balaban J connectivity index is 1.48. The Labute approximate surface area is 230 Å². The molecule has 1 saturated heterocycles. The summed E-state index contributed by atoms with van der Waals surface area (Å²) in [7, 11) is -3.07. The van der Waals surface area contributed by atoms with Gasteiger partial charge in [-0.2, -0.15) is 4.68 Å². The van der Waals surface area contributed by atoms with E-state index >= 15 is 0 Å². The minimum atomic E-state index is -3.07. The topological polar surface area (TPSA) is 149 Å². The summed E-state index contributed by atoms with van der Waals surface area (Å²) in [6.45, 7) is 4.16. The molecule has 204 valence electrons. The molecule has 5 rings (SSSR count). The van der Waals surface area contributed by atoms with E-state index in [2.05, 4.69) is 56.2 Å². The van der Waals surface area contributed by atoms with E-state index in [1.165, 1.54) is 12.5 Å². The molecule has 0 amide bonds. The molecule has 4 aromatic rings. The van der Waals surface area contributed by atoms with E-state index in [-0.39, 0.29) is 35.0 Å². The van der Waals surface area contributed by atoms with Crippen LogP contribution >= 0.6 is 0 Å². The third-order valence-electron chi connectivity index (χ3n) is 6.99. The van der Waals surface area contributed by atoms with Gasteiger partial charge in [0.1, 0.15) is 27.0 Å². The van der Waals surface area contributed by atoms with Crippen LogP contribution < -0.4 is 10.2 Å². The Morgan fingerprint density at radius 1 is 1.23 bits per heavy atom. The first-order chi connectivity index (χ1) is 19.6. The number of benzene rings is 1. The fraction of sp³-hybridized carbons (Fsp3) is 0.385. The summed E-state index contributed by atoms with van der Waals surface area (Å²) in [5.74, 6) is 0.465. The highest BCUT2D eigenvalue weighted by Crippen LogP contribution is 2.39. The van der Waals surface area contributed by atoms with E-state index < -0.39 is 27.6 Å². The van der Waals surface area contributed by atoms with Crippen LogP contribution in [0.2, 0.25) is 0 Å². The van der Waals surface area contributed by atoms with Crippen LogP contribution in [0.15, 0.2) is 42.9 Å². The maximum Gasteiger partial charge on any atom is 0.401 e. The van der Waals surface area contributed by atoms with Gasteiger partial charge >= 0.3 is 5.82 Å². The molecule has 13 heteroatoms. The van der Waals surface area contributed by atoms with Crippen LogP contribution in [-0.4, -0.2) is 62.7 Å². The van der Waals surface area contributed by atoms with Gasteiger partial charge in [0, 0.05) is 52.3 Å². The SMILES string of the molecule is [2H]C([2H])([2H])n1cc(-c2nccc(Nc3cc4c(C(C)C)ccc(N5C[C@H](CS(C)(=O)=O)[C@H]5C)c4cn3)n2)c([N+](=O)[O-])n1. The number of anilines is 3. The van der Waals surface area contributed by atoms with Gasteiger partial charge in [-0.1, -0.05) is 19.9 Å². The summed E-state index contributed by atoms with van der Waals surface area (Å²) in [5, 5.41) is 20.2. The summed E-state index contributed by atoms with van der Waals surface area (Å²) in [5.41, 5.74) is 1.96. The van der Waals surface area contributed by atoms with Crippen molar-refractivity contribution in [2.75, 3.05) is 28.8 Å². The number of rotatable bonds is 8. The summed E-state index contributed by atoms with van der Waals surface area (Å²) >= 11 is 0. The van der Waals surface area contributed by atoms with Gasteiger partial charge in [0.15, 0.2) is 5.82 Å². The standard InChI is InChI=1S/C26H30N8O4S/c1-15(2)18-6-7-22(33-12-17(16(33)3)14-39(5,37)38)20-11-28-24(10-19(18)20)29-23-8-9-27-25(30-23)21-13-32(4)31-26(21)34(35)36/h6-11,13,15-17H,12,14H2,1-5H3,(H,27,28,29,30)/t16-,17-/m1/s1/i4D3. The van der Waals surface area contributed by atoms with Crippen molar-refractivity contribution in [3.63, 3.8) is 0 Å². The van der Waals surface area contributed by atoms with Crippen molar-refractivity contribution in [1.29, 1.82) is 0 Å². The molecule has 0 aliphatic carbocycles. The molecule has 1 fully saturated rings. The highest BCUT2D eigenvalue weighted by atomic mass is 32.2. The minimum absolute atomic E-state index is 0.0587. The summed E-state index contributed by atoms with van der Waals surface area (Å²) < 4.78 is 46.8. The number of nitrogens with zero attached hydrogens (tertiary/aromatic N) is 7. The van der Waals surface area contributed by atoms with Crippen LogP contribution in [0, 0.1) is 16.0 Å². The highest BCUT2D eigenvalue weighted by molar-refractivity contribution is 7.90. The molecule has 1 aliphatic heterocycles. The lowest BCUT2D eigenvalue weighted by molar-refractivity contribution is -0.389. The lowest BCUT2D eigenvalue weighted by Gasteiger charge is -2.48. The zero-order valence-corrected chi connectivity index (χ0v) is 22.7. The predicted octanol–water partition coefficient (Wildman–Crippen LogP) is 4.07. The minimum Gasteiger partial charge on any atom is -0.368 e. The maximum atomic E-state index is 11.8. The quantitative estimate of drug-likeness (QED) is 0.250. The van der Waals surface area contributed by atoms with Gasteiger partial charge < -0.3 is 20.3 Å². The number of hydrogen-bond acceptors (Lipinski definition) is 10. The molecule has 1 aromatic carbocycles. The zero-order chi connectivity index (χ0) is 30.6. The number of pyridine rings is 1. The van der Waals surface area contributed by atoms with Gasteiger partial charge in [-0.25, -0.2) is 23.4 Å². The van der Waals surface area contributed by atoms with E-state index in [0.717, 1.165) is 28.2 Å². The molecule has 1 N–H and O–H groups in total. The molecule has 0 bridgehead atoms. The van der Waals surface area contributed by atoms with E-state index in [1.54, 1.807) is 12.3 Å². The van der Waals surface area contributed by atoms with E-state index in [1.807, 2.05) is 13.0 Å². The number of fused-ring (bicyclic) bond motifs is 1. The van der Waals surface area contributed by atoms with Gasteiger partial charge in [0.2, 0.25) is 0 Å². The van der Waals surface area contributed by atoms with E-state index in [9.17, 15) is 18.5 Å². The molecule has 0 saturated carbocycles. The fourth-order valence-corrected chi connectivity index (χ4v) is 6.16. The van der Waals surface area contributed by atoms with Crippen molar-refractivity contribution in [3.05, 3.63) is 58.5 Å². The van der Waals surface area contributed by atoms with Crippen molar-refractivity contribution >= 4 is 43.8 Å². The Kier molecular flexibility index (Phi) is 5.78. The Bertz CT molecular complexity index is 1790. The van der Waals surface area contributed by atoms with Gasteiger partial charge in [-0.3, -0.25) is 0 Å². The van der Waals surface area contributed by atoms with Crippen molar-refractivity contribution in [2.24, 2.45) is 12.9 Å². The zero-order valence-electron chi connectivity index (χ0n) is 24.9. The Hall–Kier alpha value is -4.13.